The number of carbonyl (C=O) groups excluding carboxylic acids is 1. The van der Waals surface area contributed by atoms with E-state index in [1.807, 2.05) is 41.3 Å². The molecule has 2 heterocycles. The van der Waals surface area contributed by atoms with Gasteiger partial charge in [-0.3, -0.25) is 4.90 Å². The minimum Gasteiger partial charge on any atom is -0.445 e. The first kappa shape index (κ1) is 17.8. The maximum absolute atomic E-state index is 12.6. The topological polar surface area (TPSA) is 32.8 Å². The van der Waals surface area contributed by atoms with Crippen molar-refractivity contribution in [3.05, 3.63) is 83.9 Å². The molecule has 4 nitrogen and oxygen atoms in total. The van der Waals surface area contributed by atoms with Gasteiger partial charge in [-0.25, -0.2) is 4.79 Å². The summed E-state index contributed by atoms with van der Waals surface area (Å²) in [6.07, 6.45) is 4.24. The Bertz CT molecular complexity index is 801. The van der Waals surface area contributed by atoms with Gasteiger partial charge in [-0.1, -0.05) is 72.8 Å². The molecule has 27 heavy (non-hydrogen) atoms. The third-order valence-electron chi connectivity index (χ3n) is 5.67. The fraction of sp³-hybridized carbons (Fsp3) is 0.348. The molecule has 2 bridgehead atoms. The maximum Gasteiger partial charge on any atom is 0.410 e. The van der Waals surface area contributed by atoms with Gasteiger partial charge in [0.1, 0.15) is 6.61 Å². The summed E-state index contributed by atoms with van der Waals surface area (Å²) in [5.41, 5.74) is 2.21. The molecule has 1 saturated heterocycles. The molecule has 1 amide bonds. The van der Waals surface area contributed by atoms with Gasteiger partial charge in [0.25, 0.3) is 0 Å². The summed E-state index contributed by atoms with van der Waals surface area (Å²) in [6, 6.07) is 20.8. The standard InChI is InChI=1S/C23H26N2O2/c1-23(2,19-11-7-4-8-12-19)25-20-13-14-21(25)16-24(15-20)22(26)27-17-18-9-5-3-6-10-18/h3-14,20-21H,15-17H2,1-2H3. The fourth-order valence-corrected chi connectivity index (χ4v) is 4.30. The van der Waals surface area contributed by atoms with Crippen LogP contribution in [0.5, 0.6) is 0 Å². The summed E-state index contributed by atoms with van der Waals surface area (Å²) in [5.74, 6) is 0. The predicted molar refractivity (Wildman–Crippen MR) is 106 cm³/mol. The van der Waals surface area contributed by atoms with E-state index in [0.717, 1.165) is 5.56 Å². The molecule has 2 aromatic rings. The molecular weight excluding hydrogens is 336 g/mol. The Kier molecular flexibility index (Phi) is 4.75. The number of hydrogen-bond donors (Lipinski definition) is 0. The summed E-state index contributed by atoms with van der Waals surface area (Å²) in [5, 5.41) is 0. The van der Waals surface area contributed by atoms with Gasteiger partial charge in [0.05, 0.1) is 0 Å². The van der Waals surface area contributed by atoms with E-state index >= 15 is 0 Å². The minimum absolute atomic E-state index is 0.0971. The highest BCUT2D eigenvalue weighted by Crippen LogP contribution is 2.38. The van der Waals surface area contributed by atoms with Crippen molar-refractivity contribution in [3.8, 4) is 0 Å². The second-order valence-electron chi connectivity index (χ2n) is 7.80. The molecule has 0 radical (unpaired) electrons. The SMILES string of the molecule is CC(C)(c1ccccc1)N1C2C=CC1CN(C(=O)OCc1ccccc1)C2. The fourth-order valence-electron chi connectivity index (χ4n) is 4.30. The van der Waals surface area contributed by atoms with Crippen LogP contribution in [0.1, 0.15) is 25.0 Å². The van der Waals surface area contributed by atoms with E-state index in [-0.39, 0.29) is 23.7 Å². The van der Waals surface area contributed by atoms with E-state index in [4.69, 9.17) is 4.74 Å². The Morgan fingerprint density at radius 2 is 1.52 bits per heavy atom. The van der Waals surface area contributed by atoms with Gasteiger partial charge in [-0.2, -0.15) is 0 Å². The quantitative estimate of drug-likeness (QED) is 0.765. The van der Waals surface area contributed by atoms with Gasteiger partial charge in [-0.15, -0.1) is 0 Å². The molecule has 2 aromatic carbocycles. The highest BCUT2D eigenvalue weighted by atomic mass is 16.6. The number of carbonyl (C=O) groups is 1. The monoisotopic (exact) mass is 362 g/mol. The van der Waals surface area contributed by atoms with Crippen molar-refractivity contribution in [3.63, 3.8) is 0 Å². The highest BCUT2D eigenvalue weighted by molar-refractivity contribution is 5.68. The molecule has 4 heteroatoms. The molecule has 0 aromatic heterocycles. The van der Waals surface area contributed by atoms with Crippen molar-refractivity contribution in [1.29, 1.82) is 0 Å². The van der Waals surface area contributed by atoms with Crippen LogP contribution in [0.25, 0.3) is 0 Å². The summed E-state index contributed by atoms with van der Waals surface area (Å²) >= 11 is 0. The number of amides is 1. The number of ether oxygens (including phenoxy) is 1. The van der Waals surface area contributed by atoms with Crippen molar-refractivity contribution in [2.45, 2.75) is 38.1 Å². The lowest BCUT2D eigenvalue weighted by molar-refractivity contribution is -0.00219. The summed E-state index contributed by atoms with van der Waals surface area (Å²) in [6.45, 7) is 6.17. The number of hydrogen-bond acceptors (Lipinski definition) is 3. The summed E-state index contributed by atoms with van der Waals surface area (Å²) < 4.78 is 5.54. The lowest BCUT2D eigenvalue weighted by Crippen LogP contribution is -2.61. The zero-order valence-corrected chi connectivity index (χ0v) is 15.9. The maximum atomic E-state index is 12.6. The van der Waals surface area contributed by atoms with E-state index in [2.05, 4.69) is 55.2 Å². The molecule has 2 unspecified atom stereocenters. The first-order valence-electron chi connectivity index (χ1n) is 9.53. The zero-order valence-electron chi connectivity index (χ0n) is 15.9. The Morgan fingerprint density at radius 3 is 2.11 bits per heavy atom. The molecular formula is C23H26N2O2. The van der Waals surface area contributed by atoms with Crippen LogP contribution in [0.15, 0.2) is 72.8 Å². The molecule has 2 atom stereocenters. The lowest BCUT2D eigenvalue weighted by atomic mass is 9.89. The van der Waals surface area contributed by atoms with Crippen LogP contribution in [-0.2, 0) is 16.9 Å². The molecule has 2 aliphatic heterocycles. The summed E-state index contributed by atoms with van der Waals surface area (Å²) in [7, 11) is 0. The molecule has 0 N–H and O–H groups in total. The average Bonchev–Trinajstić information content (AvgIpc) is 2.98. The van der Waals surface area contributed by atoms with Gasteiger partial charge < -0.3 is 9.64 Å². The normalized spacial score (nSPS) is 22.1. The first-order chi connectivity index (χ1) is 13.1. The van der Waals surface area contributed by atoms with Gasteiger partial charge in [0, 0.05) is 30.7 Å². The molecule has 1 fully saturated rings. The number of rotatable bonds is 4. The van der Waals surface area contributed by atoms with E-state index in [1.165, 1.54) is 5.56 Å². The van der Waals surface area contributed by atoms with Crippen molar-refractivity contribution < 1.29 is 9.53 Å². The van der Waals surface area contributed by atoms with Gasteiger partial charge in [0.2, 0.25) is 0 Å². The van der Waals surface area contributed by atoms with E-state index < -0.39 is 0 Å². The van der Waals surface area contributed by atoms with E-state index in [0.29, 0.717) is 19.7 Å². The van der Waals surface area contributed by atoms with Crippen LogP contribution in [0.4, 0.5) is 4.79 Å². The largest absolute Gasteiger partial charge is 0.445 e. The van der Waals surface area contributed by atoms with Crippen LogP contribution in [0.2, 0.25) is 0 Å². The third-order valence-corrected chi connectivity index (χ3v) is 5.67. The second-order valence-corrected chi connectivity index (χ2v) is 7.80. The van der Waals surface area contributed by atoms with Crippen LogP contribution in [-0.4, -0.2) is 41.1 Å². The number of nitrogens with zero attached hydrogens (tertiary/aromatic N) is 2. The smallest absolute Gasteiger partial charge is 0.410 e. The van der Waals surface area contributed by atoms with Crippen molar-refractivity contribution in [2.24, 2.45) is 0 Å². The lowest BCUT2D eigenvalue weighted by Gasteiger charge is -2.49. The van der Waals surface area contributed by atoms with E-state index in [9.17, 15) is 4.79 Å². The van der Waals surface area contributed by atoms with Gasteiger partial charge in [-0.05, 0) is 25.0 Å². The van der Waals surface area contributed by atoms with Gasteiger partial charge in [0.15, 0.2) is 0 Å². The van der Waals surface area contributed by atoms with Crippen molar-refractivity contribution in [1.82, 2.24) is 9.80 Å². The van der Waals surface area contributed by atoms with Crippen molar-refractivity contribution >= 4 is 6.09 Å². The van der Waals surface area contributed by atoms with Crippen LogP contribution >= 0.6 is 0 Å². The molecule has 140 valence electrons. The Labute approximate surface area is 161 Å². The number of fused-ring (bicyclic) bond motifs is 2. The average molecular weight is 362 g/mol. The Hall–Kier alpha value is -2.59. The van der Waals surface area contributed by atoms with Crippen LogP contribution in [0, 0.1) is 0 Å². The second kappa shape index (κ2) is 7.20. The molecule has 4 rings (SSSR count). The number of piperazine rings is 1. The van der Waals surface area contributed by atoms with Crippen LogP contribution < -0.4 is 0 Å². The minimum atomic E-state index is -0.227. The highest BCUT2D eigenvalue weighted by Gasteiger charge is 2.45. The first-order valence-corrected chi connectivity index (χ1v) is 9.53. The van der Waals surface area contributed by atoms with Crippen LogP contribution in [0.3, 0.4) is 0 Å². The zero-order chi connectivity index (χ0) is 18.9. The number of benzene rings is 2. The molecule has 0 saturated carbocycles. The molecule has 2 aliphatic rings. The summed E-state index contributed by atoms with van der Waals surface area (Å²) in [4.78, 5) is 16.9. The third kappa shape index (κ3) is 3.50. The predicted octanol–water partition coefficient (Wildman–Crippen LogP) is 4.18. The van der Waals surface area contributed by atoms with Crippen molar-refractivity contribution in [2.75, 3.05) is 13.1 Å². The van der Waals surface area contributed by atoms with E-state index in [1.54, 1.807) is 0 Å². The molecule has 0 spiro atoms. The Morgan fingerprint density at radius 1 is 0.963 bits per heavy atom. The van der Waals surface area contributed by atoms with Gasteiger partial charge >= 0.3 is 6.09 Å². The Balaban J connectivity index is 1.42. The molecule has 0 aliphatic carbocycles.